The monoisotopic (exact) mass is 460 g/mol. The molecule has 8 nitrogen and oxygen atoms in total. The van der Waals surface area contributed by atoms with Crippen LogP contribution >= 0.6 is 0 Å². The van der Waals surface area contributed by atoms with Crippen LogP contribution in [0, 0.1) is 11.8 Å². The van der Waals surface area contributed by atoms with Crippen LogP contribution in [-0.2, 0) is 23.9 Å². The standard InChI is InChI=1S/C25H36N2O6/c1-3-5-7-13-26-14-9-12-25-18(21(29)27(15-10-16-28)20(25)22(26)30)19-23(31)32-17-8-6-11-24(19,4-2)33-25/h6,9,11-12,18-20,28H,3-5,7-8,10,13-17H2,1-2H3/t18-,19-,20?,24+,25-/m0/s1. The molecular formula is C25H36N2O6. The van der Waals surface area contributed by atoms with Crippen molar-refractivity contribution in [2.24, 2.45) is 11.8 Å². The van der Waals surface area contributed by atoms with Gasteiger partial charge in [-0.15, -0.1) is 0 Å². The second kappa shape index (κ2) is 9.58. The highest BCUT2D eigenvalue weighted by Crippen LogP contribution is 2.58. The first-order chi connectivity index (χ1) is 16.0. The predicted octanol–water partition coefficient (Wildman–Crippen LogP) is 1.82. The second-order valence-electron chi connectivity index (χ2n) is 9.48. The van der Waals surface area contributed by atoms with E-state index in [-0.39, 0.29) is 31.6 Å². The van der Waals surface area contributed by atoms with Gasteiger partial charge in [-0.1, -0.05) is 51.0 Å². The van der Waals surface area contributed by atoms with Gasteiger partial charge in [0.1, 0.15) is 23.2 Å². The van der Waals surface area contributed by atoms with E-state index in [0.717, 1.165) is 19.3 Å². The van der Waals surface area contributed by atoms with Crippen LogP contribution < -0.4 is 0 Å². The first kappa shape index (κ1) is 24.0. The lowest BCUT2D eigenvalue weighted by molar-refractivity contribution is -0.161. The summed E-state index contributed by atoms with van der Waals surface area (Å²) in [5.74, 6) is -2.52. The zero-order valence-corrected chi connectivity index (χ0v) is 19.7. The summed E-state index contributed by atoms with van der Waals surface area (Å²) < 4.78 is 12.3. The largest absolute Gasteiger partial charge is 0.465 e. The maximum atomic E-state index is 13.9. The van der Waals surface area contributed by atoms with E-state index >= 15 is 0 Å². The Morgan fingerprint density at radius 1 is 1.03 bits per heavy atom. The number of aliphatic hydroxyl groups is 1. The summed E-state index contributed by atoms with van der Waals surface area (Å²) in [4.78, 5) is 44.3. The molecule has 4 rings (SSSR count). The number of amides is 2. The normalized spacial score (nSPS) is 35.6. The van der Waals surface area contributed by atoms with Crippen LogP contribution in [0.25, 0.3) is 0 Å². The highest BCUT2D eigenvalue weighted by Gasteiger charge is 2.75. The second-order valence-corrected chi connectivity index (χ2v) is 9.48. The molecule has 33 heavy (non-hydrogen) atoms. The Morgan fingerprint density at radius 2 is 1.85 bits per heavy atom. The van der Waals surface area contributed by atoms with Crippen LogP contribution in [-0.4, -0.2) is 82.8 Å². The minimum atomic E-state index is -1.24. The molecule has 0 bridgehead atoms. The maximum absolute atomic E-state index is 13.9. The van der Waals surface area contributed by atoms with Crippen LogP contribution in [0.3, 0.4) is 0 Å². The Bertz CT molecular complexity index is 841. The fraction of sp³-hybridized carbons (Fsp3) is 0.720. The van der Waals surface area contributed by atoms with Gasteiger partial charge in [0.05, 0.1) is 12.5 Å². The fourth-order valence-corrected chi connectivity index (χ4v) is 6.01. The van der Waals surface area contributed by atoms with Crippen LogP contribution in [0.15, 0.2) is 24.3 Å². The molecule has 2 fully saturated rings. The third-order valence-corrected chi connectivity index (χ3v) is 7.57. The van der Waals surface area contributed by atoms with Crippen LogP contribution in [0.2, 0.25) is 0 Å². The van der Waals surface area contributed by atoms with Gasteiger partial charge in [-0.2, -0.15) is 0 Å². The topological polar surface area (TPSA) is 96.4 Å². The molecule has 2 saturated heterocycles. The average Bonchev–Trinajstić information content (AvgIpc) is 3.14. The Morgan fingerprint density at radius 3 is 2.58 bits per heavy atom. The zero-order chi connectivity index (χ0) is 23.6. The summed E-state index contributed by atoms with van der Waals surface area (Å²) in [5, 5.41) is 9.44. The summed E-state index contributed by atoms with van der Waals surface area (Å²) in [6.45, 7) is 5.52. The van der Waals surface area contributed by atoms with Gasteiger partial charge in [0, 0.05) is 26.2 Å². The lowest BCUT2D eigenvalue weighted by Crippen LogP contribution is -2.56. The Labute approximate surface area is 195 Å². The van der Waals surface area contributed by atoms with Gasteiger partial charge in [0.15, 0.2) is 0 Å². The van der Waals surface area contributed by atoms with Crippen LogP contribution in [0.5, 0.6) is 0 Å². The number of cyclic esters (lactones) is 1. The number of hydrogen-bond donors (Lipinski definition) is 1. The van der Waals surface area contributed by atoms with Gasteiger partial charge in [0.25, 0.3) is 0 Å². The molecule has 1 spiro atoms. The molecule has 0 aromatic rings. The van der Waals surface area contributed by atoms with Crippen molar-refractivity contribution in [3.05, 3.63) is 24.3 Å². The highest BCUT2D eigenvalue weighted by atomic mass is 16.6. The van der Waals surface area contributed by atoms with Crippen molar-refractivity contribution in [2.75, 3.05) is 32.8 Å². The molecule has 0 aromatic heterocycles. The number of fused-ring (bicyclic) bond motifs is 2. The molecule has 5 atom stereocenters. The number of rotatable bonds is 8. The van der Waals surface area contributed by atoms with Crippen molar-refractivity contribution in [1.82, 2.24) is 9.80 Å². The molecule has 4 aliphatic rings. The van der Waals surface area contributed by atoms with E-state index in [0.29, 0.717) is 32.4 Å². The number of unbranched alkanes of at least 4 members (excludes halogenated alkanes) is 2. The number of aliphatic hydroxyl groups excluding tert-OH is 1. The van der Waals surface area contributed by atoms with Gasteiger partial charge in [0.2, 0.25) is 11.8 Å². The zero-order valence-electron chi connectivity index (χ0n) is 19.7. The van der Waals surface area contributed by atoms with E-state index in [1.54, 1.807) is 9.80 Å². The molecule has 0 aliphatic carbocycles. The molecule has 0 aromatic carbocycles. The first-order valence-electron chi connectivity index (χ1n) is 12.4. The van der Waals surface area contributed by atoms with Gasteiger partial charge in [-0.3, -0.25) is 14.4 Å². The van der Waals surface area contributed by atoms with Crippen LogP contribution in [0.1, 0.15) is 52.4 Å². The summed E-state index contributed by atoms with van der Waals surface area (Å²) in [5.41, 5.74) is -2.24. The van der Waals surface area contributed by atoms with E-state index in [9.17, 15) is 19.5 Å². The van der Waals surface area contributed by atoms with Crippen molar-refractivity contribution in [1.29, 1.82) is 0 Å². The fourth-order valence-electron chi connectivity index (χ4n) is 6.01. The van der Waals surface area contributed by atoms with E-state index in [4.69, 9.17) is 9.47 Å². The maximum Gasteiger partial charge on any atom is 0.313 e. The van der Waals surface area contributed by atoms with Gasteiger partial charge < -0.3 is 24.4 Å². The number of hydrogen-bond acceptors (Lipinski definition) is 6. The Balaban J connectivity index is 1.80. The molecular weight excluding hydrogens is 424 g/mol. The van der Waals surface area contributed by atoms with E-state index < -0.39 is 35.0 Å². The molecule has 1 N–H and O–H groups in total. The molecule has 4 aliphatic heterocycles. The molecule has 0 saturated carbocycles. The van der Waals surface area contributed by atoms with Crippen molar-refractivity contribution in [2.45, 2.75) is 69.6 Å². The summed E-state index contributed by atoms with van der Waals surface area (Å²) >= 11 is 0. The molecule has 182 valence electrons. The van der Waals surface area contributed by atoms with E-state index in [2.05, 4.69) is 6.92 Å². The molecule has 1 unspecified atom stereocenters. The van der Waals surface area contributed by atoms with Gasteiger partial charge >= 0.3 is 5.97 Å². The van der Waals surface area contributed by atoms with Crippen molar-refractivity contribution >= 4 is 17.8 Å². The number of nitrogens with zero attached hydrogens (tertiary/aromatic N) is 2. The lowest BCUT2D eigenvalue weighted by atomic mass is 9.73. The SMILES string of the molecule is CCCCCN1CC=C[C@]23O[C@]4(CC)C=CCCOC(=O)[C@@H]4[C@H]2C(=O)N(CCCO)C3C1=O. The Hall–Kier alpha value is -2.19. The minimum absolute atomic E-state index is 0.0909. The quantitative estimate of drug-likeness (QED) is 0.337. The molecule has 2 amide bonds. The van der Waals surface area contributed by atoms with E-state index in [1.807, 2.05) is 31.2 Å². The Kier molecular flexibility index (Phi) is 6.96. The predicted molar refractivity (Wildman–Crippen MR) is 121 cm³/mol. The first-order valence-corrected chi connectivity index (χ1v) is 12.4. The molecule has 4 heterocycles. The number of ether oxygens (including phenoxy) is 2. The average molecular weight is 461 g/mol. The summed E-state index contributed by atoms with van der Waals surface area (Å²) in [7, 11) is 0. The van der Waals surface area contributed by atoms with Gasteiger partial charge in [-0.25, -0.2) is 0 Å². The van der Waals surface area contributed by atoms with Crippen molar-refractivity contribution in [3.8, 4) is 0 Å². The number of carbonyl (C=O) groups excluding carboxylic acids is 3. The third kappa shape index (κ3) is 3.81. The van der Waals surface area contributed by atoms with Gasteiger partial charge in [-0.05, 0) is 25.7 Å². The number of likely N-dealkylation sites (tertiary alicyclic amines) is 1. The van der Waals surface area contributed by atoms with E-state index in [1.165, 1.54) is 0 Å². The van der Waals surface area contributed by atoms with Crippen molar-refractivity contribution in [3.63, 3.8) is 0 Å². The molecule has 0 radical (unpaired) electrons. The van der Waals surface area contributed by atoms with Crippen molar-refractivity contribution < 1.29 is 29.0 Å². The summed E-state index contributed by atoms with van der Waals surface area (Å²) in [6, 6.07) is -0.861. The van der Waals surface area contributed by atoms with Crippen LogP contribution in [0.4, 0.5) is 0 Å². The smallest absolute Gasteiger partial charge is 0.313 e. The third-order valence-electron chi connectivity index (χ3n) is 7.57. The highest BCUT2D eigenvalue weighted by molar-refractivity contribution is 5.99. The summed E-state index contributed by atoms with van der Waals surface area (Å²) in [6.07, 6.45) is 12.0. The minimum Gasteiger partial charge on any atom is -0.465 e. The molecule has 8 heteroatoms. The number of carbonyl (C=O) groups is 3. The number of esters is 1. The lowest BCUT2D eigenvalue weighted by Gasteiger charge is -2.38.